The molecule has 0 heterocycles. The number of hydrogen-bond donors (Lipinski definition) is 3. The first kappa shape index (κ1) is 13.7. The van der Waals surface area contributed by atoms with Crippen LogP contribution in [0.15, 0.2) is 12.1 Å². The average molecular weight is 237 g/mol. The van der Waals surface area contributed by atoms with E-state index in [9.17, 15) is 9.90 Å². The topological polar surface area (TPSA) is 83.5 Å². The van der Waals surface area contributed by atoms with Gasteiger partial charge in [0, 0.05) is 18.2 Å². The Bertz CT molecular complexity index is 390. The molecule has 1 rings (SSSR count). The fraction of sp³-hybridized carbons (Fsp3) is 0.462. The molecule has 0 aliphatic heterocycles. The Morgan fingerprint density at radius 1 is 1.41 bits per heavy atom. The van der Waals surface area contributed by atoms with Crippen LogP contribution in [0.25, 0.3) is 0 Å². The fourth-order valence-electron chi connectivity index (χ4n) is 1.84. The van der Waals surface area contributed by atoms with Crippen molar-refractivity contribution >= 4 is 6.29 Å². The molecule has 0 aliphatic carbocycles. The molecule has 0 aliphatic rings. The van der Waals surface area contributed by atoms with Crippen molar-refractivity contribution < 1.29 is 15.0 Å². The van der Waals surface area contributed by atoms with Crippen LogP contribution in [0.2, 0.25) is 0 Å². The minimum absolute atomic E-state index is 0.0258. The number of aldehydes is 1. The largest absolute Gasteiger partial charge is 0.507 e. The van der Waals surface area contributed by atoms with Gasteiger partial charge in [0.1, 0.15) is 5.75 Å². The predicted molar refractivity (Wildman–Crippen MR) is 66.1 cm³/mol. The lowest BCUT2D eigenvalue weighted by Crippen LogP contribution is -2.11. The Labute approximate surface area is 101 Å². The number of aliphatic hydroxyl groups is 1. The molecule has 0 fully saturated rings. The van der Waals surface area contributed by atoms with Gasteiger partial charge in [-0.05, 0) is 37.8 Å². The fourth-order valence-corrected chi connectivity index (χ4v) is 1.84. The molecular formula is C13H19NO3. The Kier molecular flexibility index (Phi) is 5.12. The van der Waals surface area contributed by atoms with Gasteiger partial charge < -0.3 is 15.9 Å². The smallest absolute Gasteiger partial charge is 0.153 e. The summed E-state index contributed by atoms with van der Waals surface area (Å²) in [5.74, 6) is -0.0258. The van der Waals surface area contributed by atoms with Crippen molar-refractivity contribution in [2.45, 2.75) is 32.2 Å². The van der Waals surface area contributed by atoms with E-state index in [4.69, 9.17) is 10.8 Å². The zero-order valence-electron chi connectivity index (χ0n) is 10.0. The van der Waals surface area contributed by atoms with Crippen LogP contribution in [0.3, 0.4) is 0 Å². The summed E-state index contributed by atoms with van der Waals surface area (Å²) >= 11 is 0. The molecule has 0 saturated carbocycles. The van der Waals surface area contributed by atoms with Crippen molar-refractivity contribution in [1.82, 2.24) is 0 Å². The second-order valence-corrected chi connectivity index (χ2v) is 4.24. The molecule has 1 atom stereocenters. The summed E-state index contributed by atoms with van der Waals surface area (Å²) < 4.78 is 0. The molecule has 0 aromatic heterocycles. The Balaban J connectivity index is 2.88. The number of aryl methyl sites for hydroxylation is 1. The van der Waals surface area contributed by atoms with Gasteiger partial charge in [-0.2, -0.15) is 0 Å². The van der Waals surface area contributed by atoms with Crippen molar-refractivity contribution in [3.63, 3.8) is 0 Å². The lowest BCUT2D eigenvalue weighted by Gasteiger charge is -2.15. The maximum Gasteiger partial charge on any atom is 0.153 e. The first-order chi connectivity index (χ1) is 8.10. The van der Waals surface area contributed by atoms with Gasteiger partial charge in [-0.1, -0.05) is 6.07 Å². The number of unbranched alkanes of at least 4 members (excludes halogenated alkanes) is 1. The second-order valence-electron chi connectivity index (χ2n) is 4.24. The molecule has 1 aromatic rings. The molecule has 0 spiro atoms. The van der Waals surface area contributed by atoms with Gasteiger partial charge in [-0.3, -0.25) is 4.79 Å². The van der Waals surface area contributed by atoms with Crippen LogP contribution in [0.5, 0.6) is 5.75 Å². The predicted octanol–water partition coefficient (Wildman–Crippen LogP) is 1.68. The number of carbonyl (C=O) groups excluding carboxylic acids is 1. The number of carbonyl (C=O) groups is 1. The molecule has 0 saturated heterocycles. The van der Waals surface area contributed by atoms with Crippen molar-refractivity contribution in [1.29, 1.82) is 0 Å². The minimum Gasteiger partial charge on any atom is -0.507 e. The van der Waals surface area contributed by atoms with E-state index in [2.05, 4.69) is 0 Å². The zero-order chi connectivity index (χ0) is 12.8. The summed E-state index contributed by atoms with van der Waals surface area (Å²) in [6, 6.07) is 3.12. The molecule has 4 heteroatoms. The van der Waals surface area contributed by atoms with Crippen LogP contribution in [-0.4, -0.2) is 23.1 Å². The standard InChI is InChI=1S/C13H19NO3/c1-9-6-10(8-16)13(17)11(7-9)12(14)4-2-3-5-15/h6-8,12,15,17H,2-5,14H2,1H3. The number of rotatable bonds is 6. The summed E-state index contributed by atoms with van der Waals surface area (Å²) in [7, 11) is 0. The van der Waals surface area contributed by atoms with E-state index in [1.54, 1.807) is 12.1 Å². The van der Waals surface area contributed by atoms with Crippen LogP contribution in [-0.2, 0) is 0 Å². The third kappa shape index (κ3) is 3.54. The van der Waals surface area contributed by atoms with Gasteiger partial charge in [0.25, 0.3) is 0 Å². The highest BCUT2D eigenvalue weighted by Crippen LogP contribution is 2.29. The van der Waals surface area contributed by atoms with Crippen LogP contribution in [0.4, 0.5) is 0 Å². The Morgan fingerprint density at radius 3 is 2.71 bits per heavy atom. The number of benzene rings is 1. The Hall–Kier alpha value is -1.39. The number of phenolic OH excluding ortho intramolecular Hbond substituents is 1. The van der Waals surface area contributed by atoms with Gasteiger partial charge in [0.05, 0.1) is 5.56 Å². The third-order valence-electron chi connectivity index (χ3n) is 2.76. The molecular weight excluding hydrogens is 218 g/mol. The van der Waals surface area contributed by atoms with Crippen molar-refractivity contribution in [2.75, 3.05) is 6.61 Å². The summed E-state index contributed by atoms with van der Waals surface area (Å²) in [6.07, 6.45) is 2.80. The zero-order valence-corrected chi connectivity index (χ0v) is 10.0. The van der Waals surface area contributed by atoms with E-state index in [1.807, 2.05) is 6.92 Å². The van der Waals surface area contributed by atoms with Gasteiger partial charge in [0.15, 0.2) is 6.29 Å². The molecule has 4 nitrogen and oxygen atoms in total. The van der Waals surface area contributed by atoms with Crippen molar-refractivity contribution in [3.05, 3.63) is 28.8 Å². The molecule has 0 radical (unpaired) electrons. The summed E-state index contributed by atoms with van der Waals surface area (Å²) in [4.78, 5) is 10.8. The second kappa shape index (κ2) is 6.37. The number of phenols is 1. The van der Waals surface area contributed by atoms with E-state index in [0.29, 0.717) is 24.7 Å². The van der Waals surface area contributed by atoms with Crippen LogP contribution in [0, 0.1) is 6.92 Å². The molecule has 0 amide bonds. The minimum atomic E-state index is -0.305. The van der Waals surface area contributed by atoms with E-state index in [1.165, 1.54) is 0 Å². The van der Waals surface area contributed by atoms with E-state index in [-0.39, 0.29) is 24.0 Å². The summed E-state index contributed by atoms with van der Waals surface area (Å²) in [5.41, 5.74) is 7.75. The lowest BCUT2D eigenvalue weighted by atomic mass is 9.96. The van der Waals surface area contributed by atoms with Gasteiger partial charge in [-0.15, -0.1) is 0 Å². The van der Waals surface area contributed by atoms with Crippen LogP contribution < -0.4 is 5.73 Å². The van der Waals surface area contributed by atoms with Crippen molar-refractivity contribution in [2.24, 2.45) is 5.73 Å². The van der Waals surface area contributed by atoms with Crippen molar-refractivity contribution in [3.8, 4) is 5.75 Å². The number of hydrogen-bond acceptors (Lipinski definition) is 4. The van der Waals surface area contributed by atoms with Crippen LogP contribution >= 0.6 is 0 Å². The van der Waals surface area contributed by atoms with Crippen LogP contribution in [0.1, 0.15) is 46.8 Å². The molecule has 94 valence electrons. The Morgan fingerprint density at radius 2 is 2.12 bits per heavy atom. The molecule has 0 bridgehead atoms. The summed E-state index contributed by atoms with van der Waals surface area (Å²) in [5, 5.41) is 18.6. The summed E-state index contributed by atoms with van der Waals surface area (Å²) in [6.45, 7) is 2.00. The normalized spacial score (nSPS) is 12.4. The number of aromatic hydroxyl groups is 1. The molecule has 1 unspecified atom stereocenters. The van der Waals surface area contributed by atoms with E-state index >= 15 is 0 Å². The SMILES string of the molecule is Cc1cc(C=O)c(O)c(C(N)CCCCO)c1. The quantitative estimate of drug-likeness (QED) is 0.519. The average Bonchev–Trinajstić information content (AvgIpc) is 2.31. The van der Waals surface area contributed by atoms with Gasteiger partial charge >= 0.3 is 0 Å². The third-order valence-corrected chi connectivity index (χ3v) is 2.76. The van der Waals surface area contributed by atoms with E-state index < -0.39 is 0 Å². The highest BCUT2D eigenvalue weighted by molar-refractivity contribution is 5.80. The molecule has 4 N–H and O–H groups in total. The monoisotopic (exact) mass is 237 g/mol. The number of nitrogens with two attached hydrogens (primary N) is 1. The first-order valence-electron chi connectivity index (χ1n) is 5.75. The highest BCUT2D eigenvalue weighted by atomic mass is 16.3. The first-order valence-corrected chi connectivity index (χ1v) is 5.75. The van der Waals surface area contributed by atoms with Gasteiger partial charge in [0.2, 0.25) is 0 Å². The number of aliphatic hydroxyl groups excluding tert-OH is 1. The van der Waals surface area contributed by atoms with Gasteiger partial charge in [-0.25, -0.2) is 0 Å². The molecule has 17 heavy (non-hydrogen) atoms. The maximum absolute atomic E-state index is 10.8. The maximum atomic E-state index is 10.8. The highest BCUT2D eigenvalue weighted by Gasteiger charge is 2.14. The molecule has 1 aromatic carbocycles. The lowest BCUT2D eigenvalue weighted by molar-refractivity contribution is 0.112. The van der Waals surface area contributed by atoms with E-state index in [0.717, 1.165) is 12.0 Å².